The maximum atomic E-state index is 11.4. The van der Waals surface area contributed by atoms with Gasteiger partial charge in [-0.25, -0.2) is 9.59 Å². The van der Waals surface area contributed by atoms with Gasteiger partial charge in [-0.05, 0) is 18.1 Å². The Morgan fingerprint density at radius 2 is 2.26 bits per heavy atom. The van der Waals surface area contributed by atoms with Crippen LogP contribution in [0.4, 0.5) is 4.79 Å². The predicted octanol–water partition coefficient (Wildman–Crippen LogP) is 0.0229. The van der Waals surface area contributed by atoms with E-state index in [-0.39, 0.29) is 6.54 Å². The van der Waals surface area contributed by atoms with Gasteiger partial charge in [-0.15, -0.1) is 0 Å². The zero-order valence-electron chi connectivity index (χ0n) is 10.6. The van der Waals surface area contributed by atoms with Crippen LogP contribution >= 0.6 is 0 Å². The van der Waals surface area contributed by atoms with E-state index >= 15 is 0 Å². The molecule has 0 aromatic carbocycles. The van der Waals surface area contributed by atoms with E-state index in [2.05, 4.69) is 20.4 Å². The quantitative estimate of drug-likeness (QED) is 0.646. The number of rotatable bonds is 7. The first kappa shape index (κ1) is 14.9. The maximum Gasteiger partial charge on any atom is 0.334 e. The molecule has 7 nitrogen and oxygen atoms in total. The average molecular weight is 267 g/mol. The van der Waals surface area contributed by atoms with Crippen molar-refractivity contribution in [1.29, 1.82) is 0 Å². The predicted molar refractivity (Wildman–Crippen MR) is 67.8 cm³/mol. The highest BCUT2D eigenvalue weighted by Crippen LogP contribution is 1.95. The Bertz CT molecular complexity index is 411. The summed E-state index contributed by atoms with van der Waals surface area (Å²) in [7, 11) is 1.28. The zero-order valence-corrected chi connectivity index (χ0v) is 10.6. The van der Waals surface area contributed by atoms with Gasteiger partial charge in [0.2, 0.25) is 0 Å². The second kappa shape index (κ2) is 8.04. The van der Waals surface area contributed by atoms with Crippen LogP contribution in [0.3, 0.4) is 0 Å². The lowest BCUT2D eigenvalue weighted by Gasteiger charge is -2.12. The van der Waals surface area contributed by atoms with Crippen molar-refractivity contribution in [2.24, 2.45) is 0 Å². The van der Waals surface area contributed by atoms with Crippen LogP contribution in [0.5, 0.6) is 0 Å². The number of hydrogen-bond donors (Lipinski definition) is 3. The summed E-state index contributed by atoms with van der Waals surface area (Å²) in [5.41, 5.74) is 1.02. The number of pyridine rings is 1. The Kier molecular flexibility index (Phi) is 6.31. The molecular formula is C12H17N3O4. The highest BCUT2D eigenvalue weighted by Gasteiger charge is 2.16. The monoisotopic (exact) mass is 267 g/mol. The van der Waals surface area contributed by atoms with Gasteiger partial charge in [0.25, 0.3) is 0 Å². The number of carboxylic acids is 1. The molecule has 0 saturated carbocycles. The molecule has 0 radical (unpaired) electrons. The number of aromatic nitrogens is 1. The average Bonchev–Trinajstić information content (AvgIpc) is 2.40. The summed E-state index contributed by atoms with van der Waals surface area (Å²) in [4.78, 5) is 26.0. The molecule has 0 aliphatic carbocycles. The lowest BCUT2D eigenvalue weighted by molar-refractivity contribution is -0.147. The van der Waals surface area contributed by atoms with E-state index in [0.717, 1.165) is 5.56 Å². The minimum atomic E-state index is -1.11. The van der Waals surface area contributed by atoms with Gasteiger partial charge in [0.05, 0.1) is 6.54 Å². The third-order valence-electron chi connectivity index (χ3n) is 2.43. The number of aliphatic carboxylic acids is 1. The summed E-state index contributed by atoms with van der Waals surface area (Å²) in [6.45, 7) is 0.368. The van der Waals surface area contributed by atoms with Gasteiger partial charge in [-0.3, -0.25) is 4.98 Å². The standard InChI is InChI=1S/C12H17N3O4/c1-19-10(11(16)17)8-15-12(18)14-6-4-9-3-2-5-13-7-9/h2-3,5,7,10H,4,6,8H2,1H3,(H,16,17)(H2,14,15,18). The fourth-order valence-corrected chi connectivity index (χ4v) is 1.39. The number of hydrogen-bond acceptors (Lipinski definition) is 4. The molecule has 0 aliphatic rings. The number of methoxy groups -OCH3 is 1. The Balaban J connectivity index is 2.19. The number of amides is 2. The molecule has 1 rings (SSSR count). The Morgan fingerprint density at radius 1 is 1.47 bits per heavy atom. The summed E-state index contributed by atoms with van der Waals surface area (Å²) < 4.78 is 4.69. The number of urea groups is 1. The van der Waals surface area contributed by atoms with E-state index in [0.29, 0.717) is 13.0 Å². The molecule has 0 saturated heterocycles. The van der Waals surface area contributed by atoms with Gasteiger partial charge < -0.3 is 20.5 Å². The van der Waals surface area contributed by atoms with Crippen LogP contribution in [-0.4, -0.2) is 48.4 Å². The number of carbonyl (C=O) groups is 2. The van der Waals surface area contributed by atoms with Crippen LogP contribution in [0.15, 0.2) is 24.5 Å². The van der Waals surface area contributed by atoms with Crippen molar-refractivity contribution in [1.82, 2.24) is 15.6 Å². The number of nitrogens with zero attached hydrogens (tertiary/aromatic N) is 1. The molecule has 104 valence electrons. The third kappa shape index (κ3) is 5.82. The van der Waals surface area contributed by atoms with Gasteiger partial charge in [0.15, 0.2) is 6.10 Å². The molecule has 0 spiro atoms. The molecule has 1 heterocycles. The summed E-state index contributed by atoms with van der Waals surface area (Å²) in [5.74, 6) is -1.11. The van der Waals surface area contributed by atoms with Gasteiger partial charge in [0.1, 0.15) is 0 Å². The fourth-order valence-electron chi connectivity index (χ4n) is 1.39. The molecule has 19 heavy (non-hydrogen) atoms. The lowest BCUT2D eigenvalue weighted by atomic mass is 10.2. The van der Waals surface area contributed by atoms with Gasteiger partial charge >= 0.3 is 12.0 Å². The topological polar surface area (TPSA) is 101 Å². The molecule has 1 unspecified atom stereocenters. The van der Waals surface area contributed by atoms with Crippen molar-refractivity contribution in [2.45, 2.75) is 12.5 Å². The van der Waals surface area contributed by atoms with Crippen LogP contribution in [0.25, 0.3) is 0 Å². The van der Waals surface area contributed by atoms with Crippen LogP contribution in [-0.2, 0) is 16.0 Å². The Hall–Kier alpha value is -2.15. The van der Waals surface area contributed by atoms with Crippen molar-refractivity contribution in [2.75, 3.05) is 20.2 Å². The second-order valence-corrected chi connectivity index (χ2v) is 3.81. The third-order valence-corrected chi connectivity index (χ3v) is 2.43. The van der Waals surface area contributed by atoms with Gasteiger partial charge in [0, 0.05) is 26.0 Å². The number of carboxylic acid groups (broad SMARTS) is 1. The first-order chi connectivity index (χ1) is 9.13. The van der Waals surface area contributed by atoms with Crippen molar-refractivity contribution in [3.8, 4) is 0 Å². The minimum absolute atomic E-state index is 0.0788. The zero-order chi connectivity index (χ0) is 14.1. The van der Waals surface area contributed by atoms with E-state index in [9.17, 15) is 9.59 Å². The first-order valence-corrected chi connectivity index (χ1v) is 5.79. The Morgan fingerprint density at radius 3 is 2.84 bits per heavy atom. The highest BCUT2D eigenvalue weighted by atomic mass is 16.5. The largest absolute Gasteiger partial charge is 0.479 e. The minimum Gasteiger partial charge on any atom is -0.479 e. The molecule has 7 heteroatoms. The maximum absolute atomic E-state index is 11.4. The molecule has 0 aliphatic heterocycles. The smallest absolute Gasteiger partial charge is 0.334 e. The van der Waals surface area contributed by atoms with Crippen LogP contribution < -0.4 is 10.6 Å². The van der Waals surface area contributed by atoms with E-state index in [4.69, 9.17) is 5.11 Å². The Labute approximate surface area is 111 Å². The van der Waals surface area contributed by atoms with E-state index in [1.807, 2.05) is 12.1 Å². The SMILES string of the molecule is COC(CNC(=O)NCCc1cccnc1)C(=O)O. The molecule has 1 aromatic heterocycles. The first-order valence-electron chi connectivity index (χ1n) is 5.79. The van der Waals surface area contributed by atoms with Crippen LogP contribution in [0.1, 0.15) is 5.56 Å². The van der Waals surface area contributed by atoms with Gasteiger partial charge in [-0.1, -0.05) is 6.07 Å². The molecule has 1 atom stereocenters. The summed E-state index contributed by atoms with van der Waals surface area (Å²) in [5, 5.41) is 13.8. The molecule has 0 fully saturated rings. The van der Waals surface area contributed by atoms with E-state index in [1.165, 1.54) is 7.11 Å². The van der Waals surface area contributed by atoms with Crippen molar-refractivity contribution in [3.63, 3.8) is 0 Å². The van der Waals surface area contributed by atoms with Crippen molar-refractivity contribution < 1.29 is 19.4 Å². The van der Waals surface area contributed by atoms with E-state index < -0.39 is 18.1 Å². The van der Waals surface area contributed by atoms with Gasteiger partial charge in [-0.2, -0.15) is 0 Å². The summed E-state index contributed by atoms with van der Waals surface area (Å²) >= 11 is 0. The molecular weight excluding hydrogens is 250 g/mol. The lowest BCUT2D eigenvalue weighted by Crippen LogP contribution is -2.43. The second-order valence-electron chi connectivity index (χ2n) is 3.81. The molecule has 2 amide bonds. The molecule has 1 aromatic rings. The normalized spacial score (nSPS) is 11.6. The summed E-state index contributed by atoms with van der Waals surface area (Å²) in [6.07, 6.45) is 3.03. The number of carbonyl (C=O) groups excluding carboxylic acids is 1. The number of nitrogens with one attached hydrogen (secondary N) is 2. The van der Waals surface area contributed by atoms with Crippen LogP contribution in [0.2, 0.25) is 0 Å². The van der Waals surface area contributed by atoms with Crippen molar-refractivity contribution >= 4 is 12.0 Å². The van der Waals surface area contributed by atoms with Crippen LogP contribution in [0, 0.1) is 0 Å². The fraction of sp³-hybridized carbons (Fsp3) is 0.417. The van der Waals surface area contributed by atoms with Crippen molar-refractivity contribution in [3.05, 3.63) is 30.1 Å². The highest BCUT2D eigenvalue weighted by molar-refractivity contribution is 5.76. The van der Waals surface area contributed by atoms with E-state index in [1.54, 1.807) is 12.4 Å². The molecule has 0 bridgehead atoms. The molecule has 3 N–H and O–H groups in total. The number of ether oxygens (including phenoxy) is 1. The summed E-state index contributed by atoms with van der Waals surface area (Å²) in [6, 6.07) is 3.32.